The van der Waals surface area contributed by atoms with Crippen LogP contribution in [0.2, 0.25) is 0 Å². The van der Waals surface area contributed by atoms with Crippen molar-refractivity contribution < 1.29 is 14.6 Å². The predicted octanol–water partition coefficient (Wildman–Crippen LogP) is 1.62. The molecule has 1 heterocycles. The molecule has 5 heteroatoms. The monoisotopic (exact) mass is 260 g/mol. The molecule has 1 aromatic carbocycles. The summed E-state index contributed by atoms with van der Waals surface area (Å²) in [5.41, 5.74) is 5.20. The summed E-state index contributed by atoms with van der Waals surface area (Å²) in [5, 5.41) is 10.1. The Hall–Kier alpha value is -2.27. The van der Waals surface area contributed by atoms with Crippen LogP contribution in [0.1, 0.15) is 0 Å². The highest BCUT2D eigenvalue weighted by Crippen LogP contribution is 2.28. The summed E-state index contributed by atoms with van der Waals surface area (Å²) in [7, 11) is 1.58. The molecule has 0 aliphatic rings. The smallest absolute Gasteiger partial charge is 0.329 e. The van der Waals surface area contributed by atoms with Gasteiger partial charge in [0.15, 0.2) is 5.54 Å². The molecule has 2 rings (SSSR count). The van der Waals surface area contributed by atoms with E-state index in [1.807, 2.05) is 24.3 Å². The van der Waals surface area contributed by atoms with Crippen LogP contribution < -0.4 is 10.5 Å². The number of rotatable bonds is 5. The van der Waals surface area contributed by atoms with Crippen molar-refractivity contribution in [3.8, 4) is 5.75 Å². The third-order valence-corrected chi connectivity index (χ3v) is 3.17. The van der Waals surface area contributed by atoms with E-state index in [2.05, 4.69) is 6.58 Å². The van der Waals surface area contributed by atoms with E-state index < -0.39 is 11.5 Å². The lowest BCUT2D eigenvalue weighted by molar-refractivity contribution is -0.141. The molecule has 19 heavy (non-hydrogen) atoms. The van der Waals surface area contributed by atoms with Crippen LogP contribution >= 0.6 is 0 Å². The van der Waals surface area contributed by atoms with Gasteiger partial charge in [-0.25, -0.2) is 4.79 Å². The van der Waals surface area contributed by atoms with Gasteiger partial charge in [0.05, 0.1) is 19.2 Å². The number of aromatic nitrogens is 1. The number of nitrogens with zero attached hydrogens (tertiary/aromatic N) is 1. The third kappa shape index (κ3) is 2.20. The van der Waals surface area contributed by atoms with E-state index in [0.29, 0.717) is 5.75 Å². The second-order valence-corrected chi connectivity index (χ2v) is 4.39. The maximum absolute atomic E-state index is 11.2. The van der Waals surface area contributed by atoms with Crippen molar-refractivity contribution in [3.63, 3.8) is 0 Å². The molecule has 0 fully saturated rings. The molecule has 0 radical (unpaired) electrons. The lowest BCUT2D eigenvalue weighted by Gasteiger charge is -2.21. The fraction of sp³-hybridized carbons (Fsp3) is 0.214. The molecule has 1 aromatic heterocycles. The second kappa shape index (κ2) is 4.78. The standard InChI is InChI=1S/C14H16N2O3/c1-3-14(15,13(17)18)9-16-8-12(19-2)10-6-4-5-7-11(10)16/h3-8H,1,9,15H2,2H3,(H,17,18). The molecule has 0 saturated carbocycles. The number of ether oxygens (including phenoxy) is 1. The molecular weight excluding hydrogens is 244 g/mol. The number of carbonyl (C=O) groups is 1. The zero-order chi connectivity index (χ0) is 14.0. The predicted molar refractivity (Wildman–Crippen MR) is 73.2 cm³/mol. The van der Waals surface area contributed by atoms with Crippen LogP contribution in [0.5, 0.6) is 5.75 Å². The lowest BCUT2D eigenvalue weighted by atomic mass is 10.0. The molecule has 5 nitrogen and oxygen atoms in total. The van der Waals surface area contributed by atoms with Crippen LogP contribution in [0.3, 0.4) is 0 Å². The highest BCUT2D eigenvalue weighted by molar-refractivity contribution is 5.87. The van der Waals surface area contributed by atoms with Crippen LogP contribution in [0, 0.1) is 0 Å². The number of nitrogens with two attached hydrogens (primary N) is 1. The Balaban J connectivity index is 2.52. The number of hydrogen-bond donors (Lipinski definition) is 2. The average Bonchev–Trinajstić information content (AvgIpc) is 2.76. The summed E-state index contributed by atoms with van der Waals surface area (Å²) < 4.78 is 7.05. The Morgan fingerprint density at radius 2 is 2.26 bits per heavy atom. The third-order valence-electron chi connectivity index (χ3n) is 3.17. The quantitative estimate of drug-likeness (QED) is 0.801. The van der Waals surface area contributed by atoms with Gasteiger partial charge < -0.3 is 20.1 Å². The van der Waals surface area contributed by atoms with Gasteiger partial charge in [-0.3, -0.25) is 0 Å². The van der Waals surface area contributed by atoms with Gasteiger partial charge in [0.2, 0.25) is 0 Å². The molecule has 0 bridgehead atoms. The van der Waals surface area contributed by atoms with E-state index in [-0.39, 0.29) is 6.54 Å². The first kappa shape index (κ1) is 13.2. The molecule has 100 valence electrons. The van der Waals surface area contributed by atoms with Crippen molar-refractivity contribution in [2.45, 2.75) is 12.1 Å². The van der Waals surface area contributed by atoms with Gasteiger partial charge in [-0.1, -0.05) is 18.2 Å². The SMILES string of the molecule is C=CC(N)(Cn1cc(OC)c2ccccc21)C(=O)O. The van der Waals surface area contributed by atoms with E-state index in [9.17, 15) is 9.90 Å². The molecule has 0 aliphatic heterocycles. The second-order valence-electron chi connectivity index (χ2n) is 4.39. The number of aliphatic carboxylic acids is 1. The Morgan fingerprint density at radius 1 is 1.58 bits per heavy atom. The summed E-state index contributed by atoms with van der Waals surface area (Å²) in [6, 6.07) is 7.58. The van der Waals surface area contributed by atoms with Crippen molar-refractivity contribution in [3.05, 3.63) is 43.1 Å². The minimum absolute atomic E-state index is 0.0930. The normalized spacial score (nSPS) is 14.0. The van der Waals surface area contributed by atoms with Gasteiger partial charge in [0.25, 0.3) is 0 Å². The fourth-order valence-corrected chi connectivity index (χ4v) is 2.01. The summed E-state index contributed by atoms with van der Waals surface area (Å²) in [4.78, 5) is 11.2. The lowest BCUT2D eigenvalue weighted by Crippen LogP contribution is -2.49. The summed E-state index contributed by atoms with van der Waals surface area (Å²) in [5.74, 6) is -0.424. The summed E-state index contributed by atoms with van der Waals surface area (Å²) in [6.07, 6.45) is 3.00. The zero-order valence-corrected chi connectivity index (χ0v) is 10.7. The largest absolute Gasteiger partial charge is 0.495 e. The fourth-order valence-electron chi connectivity index (χ4n) is 2.01. The molecule has 0 spiro atoms. The molecule has 2 aromatic rings. The van der Waals surface area contributed by atoms with Crippen LogP contribution in [0.25, 0.3) is 10.9 Å². The number of para-hydroxylation sites is 1. The Kier molecular flexibility index (Phi) is 3.31. The summed E-state index contributed by atoms with van der Waals surface area (Å²) in [6.45, 7) is 3.60. The van der Waals surface area contributed by atoms with Gasteiger partial charge in [0.1, 0.15) is 5.75 Å². The number of methoxy groups -OCH3 is 1. The van der Waals surface area contributed by atoms with E-state index in [1.54, 1.807) is 17.9 Å². The van der Waals surface area contributed by atoms with Crippen LogP contribution in [0.15, 0.2) is 43.1 Å². The van der Waals surface area contributed by atoms with E-state index >= 15 is 0 Å². The first-order valence-corrected chi connectivity index (χ1v) is 5.79. The minimum Gasteiger partial charge on any atom is -0.495 e. The highest BCUT2D eigenvalue weighted by Gasteiger charge is 2.31. The summed E-state index contributed by atoms with van der Waals surface area (Å²) >= 11 is 0. The van der Waals surface area contributed by atoms with Crippen molar-refractivity contribution in [1.29, 1.82) is 0 Å². The van der Waals surface area contributed by atoms with Crippen molar-refractivity contribution in [2.24, 2.45) is 5.73 Å². The van der Waals surface area contributed by atoms with Crippen molar-refractivity contribution in [1.82, 2.24) is 4.57 Å². The number of hydrogen-bond acceptors (Lipinski definition) is 3. The highest BCUT2D eigenvalue weighted by atomic mass is 16.5. The van der Waals surface area contributed by atoms with Crippen LogP contribution in [-0.4, -0.2) is 28.3 Å². The van der Waals surface area contributed by atoms with Gasteiger partial charge in [-0.05, 0) is 12.1 Å². The molecular formula is C14H16N2O3. The number of carboxylic acids is 1. The van der Waals surface area contributed by atoms with Gasteiger partial charge >= 0.3 is 5.97 Å². The van der Waals surface area contributed by atoms with E-state index in [4.69, 9.17) is 10.5 Å². The topological polar surface area (TPSA) is 77.5 Å². The van der Waals surface area contributed by atoms with E-state index in [1.165, 1.54) is 6.08 Å². The van der Waals surface area contributed by atoms with Crippen molar-refractivity contribution in [2.75, 3.05) is 7.11 Å². The molecule has 0 amide bonds. The molecule has 3 N–H and O–H groups in total. The first-order valence-electron chi connectivity index (χ1n) is 5.79. The number of carboxylic acid groups (broad SMARTS) is 1. The Morgan fingerprint density at radius 3 is 2.84 bits per heavy atom. The van der Waals surface area contributed by atoms with Crippen LogP contribution in [-0.2, 0) is 11.3 Å². The number of fused-ring (bicyclic) bond motifs is 1. The van der Waals surface area contributed by atoms with Gasteiger partial charge in [0, 0.05) is 11.6 Å². The Bertz CT molecular complexity index is 633. The molecule has 1 unspecified atom stereocenters. The number of benzene rings is 1. The van der Waals surface area contributed by atoms with Gasteiger partial charge in [-0.2, -0.15) is 0 Å². The average molecular weight is 260 g/mol. The Labute approximate surface area is 110 Å². The first-order chi connectivity index (χ1) is 9.01. The van der Waals surface area contributed by atoms with Gasteiger partial charge in [-0.15, -0.1) is 6.58 Å². The van der Waals surface area contributed by atoms with Crippen LogP contribution in [0.4, 0.5) is 0 Å². The van der Waals surface area contributed by atoms with E-state index in [0.717, 1.165) is 10.9 Å². The zero-order valence-electron chi connectivity index (χ0n) is 10.7. The molecule has 0 saturated heterocycles. The molecule has 1 atom stereocenters. The molecule has 0 aliphatic carbocycles. The minimum atomic E-state index is -1.51. The van der Waals surface area contributed by atoms with Crippen molar-refractivity contribution >= 4 is 16.9 Å². The maximum Gasteiger partial charge on any atom is 0.329 e. The maximum atomic E-state index is 11.2.